The Morgan fingerprint density at radius 2 is 1.90 bits per heavy atom. The summed E-state index contributed by atoms with van der Waals surface area (Å²) in [6.45, 7) is 1.01. The molecule has 0 aromatic carbocycles. The van der Waals surface area contributed by atoms with Crippen molar-refractivity contribution in [3.8, 4) is 0 Å². The van der Waals surface area contributed by atoms with E-state index in [2.05, 4.69) is 10.5 Å². The summed E-state index contributed by atoms with van der Waals surface area (Å²) < 4.78 is 5.79. The molecule has 0 radical (unpaired) electrons. The number of carbonyl (C=O) groups is 1. The van der Waals surface area contributed by atoms with Crippen molar-refractivity contribution < 1.29 is 14.7 Å². The first-order valence-corrected chi connectivity index (χ1v) is 8.07. The van der Waals surface area contributed by atoms with Gasteiger partial charge in [0.2, 0.25) is 5.91 Å². The Morgan fingerprint density at radius 1 is 1.24 bits per heavy atom. The lowest BCUT2D eigenvalue weighted by atomic mass is 9.84. The van der Waals surface area contributed by atoms with Crippen molar-refractivity contribution >= 4 is 11.7 Å². The number of oxime groups is 1. The van der Waals surface area contributed by atoms with Crippen molar-refractivity contribution in [3.63, 3.8) is 0 Å². The molecule has 6 nitrogen and oxygen atoms in total. The van der Waals surface area contributed by atoms with Crippen molar-refractivity contribution in [1.82, 2.24) is 5.32 Å². The lowest BCUT2D eigenvalue weighted by molar-refractivity contribution is -0.127. The molecule has 0 aromatic rings. The fourth-order valence-corrected chi connectivity index (χ4v) is 3.46. The molecule has 21 heavy (non-hydrogen) atoms. The number of carbonyl (C=O) groups excluding carboxylic acids is 1. The third kappa shape index (κ3) is 3.87. The van der Waals surface area contributed by atoms with E-state index in [1.54, 1.807) is 0 Å². The second kappa shape index (κ2) is 7.64. The van der Waals surface area contributed by atoms with Gasteiger partial charge in [0.25, 0.3) is 0 Å². The summed E-state index contributed by atoms with van der Waals surface area (Å²) in [6, 6.07) is 0. The number of amides is 1. The van der Waals surface area contributed by atoms with Gasteiger partial charge in [-0.2, -0.15) is 0 Å². The topological polar surface area (TPSA) is 96.9 Å². The predicted molar refractivity (Wildman–Crippen MR) is 80.1 cm³/mol. The fourth-order valence-electron chi connectivity index (χ4n) is 3.46. The van der Waals surface area contributed by atoms with Crippen molar-refractivity contribution in [2.45, 2.75) is 63.9 Å². The van der Waals surface area contributed by atoms with Gasteiger partial charge >= 0.3 is 0 Å². The second-order valence-corrected chi connectivity index (χ2v) is 6.16. The average Bonchev–Trinajstić information content (AvgIpc) is 3.02. The number of nitrogens with zero attached hydrogens (tertiary/aromatic N) is 1. The molecule has 0 aromatic heterocycles. The summed E-state index contributed by atoms with van der Waals surface area (Å²) in [4.78, 5) is 12.4. The normalized spacial score (nSPS) is 23.1. The number of hydrogen-bond acceptors (Lipinski definition) is 4. The number of rotatable bonds is 6. The summed E-state index contributed by atoms with van der Waals surface area (Å²) in [5, 5.41) is 14.9. The van der Waals surface area contributed by atoms with Gasteiger partial charge in [0.15, 0.2) is 5.84 Å². The maximum atomic E-state index is 12.4. The quantitative estimate of drug-likeness (QED) is 0.229. The second-order valence-electron chi connectivity index (χ2n) is 6.16. The number of amidine groups is 1. The first-order valence-electron chi connectivity index (χ1n) is 8.07. The molecule has 0 heterocycles. The Hall–Kier alpha value is -1.30. The average molecular weight is 297 g/mol. The van der Waals surface area contributed by atoms with Gasteiger partial charge in [-0.25, -0.2) is 0 Å². The van der Waals surface area contributed by atoms with Crippen LogP contribution >= 0.6 is 0 Å². The maximum Gasteiger partial charge on any atom is 0.234 e. The van der Waals surface area contributed by atoms with Crippen LogP contribution in [0.15, 0.2) is 5.16 Å². The lowest BCUT2D eigenvalue weighted by Gasteiger charge is -2.26. The summed E-state index contributed by atoms with van der Waals surface area (Å²) in [7, 11) is 0. The summed E-state index contributed by atoms with van der Waals surface area (Å²) in [6.07, 6.45) is 9.55. The monoisotopic (exact) mass is 297 g/mol. The molecule has 2 saturated carbocycles. The minimum Gasteiger partial charge on any atom is -0.409 e. The van der Waals surface area contributed by atoms with Crippen LogP contribution in [-0.2, 0) is 9.53 Å². The molecule has 2 aliphatic carbocycles. The summed E-state index contributed by atoms with van der Waals surface area (Å²) in [5.74, 6) is -0.103. The molecule has 4 N–H and O–H groups in total. The van der Waals surface area contributed by atoms with Gasteiger partial charge in [-0.1, -0.05) is 37.3 Å². The van der Waals surface area contributed by atoms with Gasteiger partial charge in [0.1, 0.15) is 5.41 Å². The van der Waals surface area contributed by atoms with E-state index in [-0.39, 0.29) is 11.7 Å². The van der Waals surface area contributed by atoms with E-state index >= 15 is 0 Å². The standard InChI is InChI=1S/C15H27N3O3/c16-13(18-20)15(8-4-5-9-15)14(19)17-10-11-21-12-6-2-1-3-7-12/h12,20H,1-11H2,(H2,16,18)(H,17,19). The fraction of sp³-hybridized carbons (Fsp3) is 0.867. The van der Waals surface area contributed by atoms with Crippen molar-refractivity contribution in [1.29, 1.82) is 0 Å². The molecule has 0 unspecified atom stereocenters. The largest absolute Gasteiger partial charge is 0.409 e. The van der Waals surface area contributed by atoms with Gasteiger partial charge in [0, 0.05) is 6.54 Å². The predicted octanol–water partition coefficient (Wildman–Crippen LogP) is 1.76. The van der Waals surface area contributed by atoms with E-state index < -0.39 is 5.41 Å². The SMILES string of the molecule is NC(=NO)C1(C(=O)NCCOC2CCCCC2)CCCC1. The lowest BCUT2D eigenvalue weighted by Crippen LogP contribution is -2.49. The van der Waals surface area contributed by atoms with E-state index in [0.717, 1.165) is 25.7 Å². The molecule has 2 aliphatic rings. The molecule has 0 atom stereocenters. The first kappa shape index (κ1) is 16.1. The molecular formula is C15H27N3O3. The van der Waals surface area contributed by atoms with Crippen LogP contribution < -0.4 is 11.1 Å². The van der Waals surface area contributed by atoms with Crippen molar-refractivity contribution in [2.75, 3.05) is 13.2 Å². The zero-order valence-electron chi connectivity index (χ0n) is 12.6. The Bertz CT molecular complexity index is 372. The maximum absolute atomic E-state index is 12.4. The van der Waals surface area contributed by atoms with E-state index in [1.807, 2.05) is 0 Å². The minimum absolute atomic E-state index is 0.0331. The zero-order valence-corrected chi connectivity index (χ0v) is 12.6. The molecular weight excluding hydrogens is 270 g/mol. The molecule has 0 aliphatic heterocycles. The number of hydrogen-bond donors (Lipinski definition) is 3. The third-order valence-corrected chi connectivity index (χ3v) is 4.78. The van der Waals surface area contributed by atoms with Crippen molar-refractivity contribution in [3.05, 3.63) is 0 Å². The summed E-state index contributed by atoms with van der Waals surface area (Å²) >= 11 is 0. The molecule has 6 heteroatoms. The van der Waals surface area contributed by atoms with Crippen LogP contribution in [0.3, 0.4) is 0 Å². The third-order valence-electron chi connectivity index (χ3n) is 4.78. The summed E-state index contributed by atoms with van der Waals surface area (Å²) in [5.41, 5.74) is 4.92. The smallest absolute Gasteiger partial charge is 0.234 e. The van der Waals surface area contributed by atoms with Crippen LogP contribution in [0.4, 0.5) is 0 Å². The van der Waals surface area contributed by atoms with Gasteiger partial charge in [-0.15, -0.1) is 0 Å². The molecule has 2 fully saturated rings. The van der Waals surface area contributed by atoms with Crippen LogP contribution in [0, 0.1) is 5.41 Å². The van der Waals surface area contributed by atoms with Gasteiger partial charge in [-0.3, -0.25) is 4.79 Å². The first-order chi connectivity index (χ1) is 10.2. The highest BCUT2D eigenvalue weighted by molar-refractivity contribution is 6.07. The van der Waals surface area contributed by atoms with Crippen LogP contribution in [-0.4, -0.2) is 36.2 Å². The van der Waals surface area contributed by atoms with Gasteiger partial charge in [0.05, 0.1) is 12.7 Å². The van der Waals surface area contributed by atoms with E-state index in [9.17, 15) is 4.79 Å². The van der Waals surface area contributed by atoms with E-state index in [0.29, 0.717) is 32.1 Å². The zero-order chi connectivity index (χ0) is 15.1. The van der Waals surface area contributed by atoms with E-state index in [1.165, 1.54) is 19.3 Å². The highest BCUT2D eigenvalue weighted by Gasteiger charge is 2.45. The number of ether oxygens (including phenoxy) is 1. The Balaban J connectivity index is 1.75. The van der Waals surface area contributed by atoms with Gasteiger partial charge < -0.3 is 21.0 Å². The highest BCUT2D eigenvalue weighted by atomic mass is 16.5. The highest BCUT2D eigenvalue weighted by Crippen LogP contribution is 2.38. The molecule has 0 spiro atoms. The van der Waals surface area contributed by atoms with E-state index in [4.69, 9.17) is 15.7 Å². The van der Waals surface area contributed by atoms with Crippen LogP contribution in [0.5, 0.6) is 0 Å². The Labute approximate surface area is 126 Å². The molecule has 2 rings (SSSR count). The molecule has 0 saturated heterocycles. The van der Waals surface area contributed by atoms with Crippen LogP contribution in [0.1, 0.15) is 57.8 Å². The number of nitrogens with two attached hydrogens (primary N) is 1. The van der Waals surface area contributed by atoms with Gasteiger partial charge in [-0.05, 0) is 25.7 Å². The molecule has 0 bridgehead atoms. The molecule has 120 valence electrons. The molecule has 1 amide bonds. The Morgan fingerprint density at radius 3 is 2.52 bits per heavy atom. The van der Waals surface area contributed by atoms with Crippen molar-refractivity contribution in [2.24, 2.45) is 16.3 Å². The van der Waals surface area contributed by atoms with Crippen LogP contribution in [0.2, 0.25) is 0 Å². The van der Waals surface area contributed by atoms with Crippen LogP contribution in [0.25, 0.3) is 0 Å². The Kier molecular flexibility index (Phi) is 5.85. The minimum atomic E-state index is -0.820. The number of nitrogens with one attached hydrogen (secondary N) is 1.